The van der Waals surface area contributed by atoms with Crippen molar-refractivity contribution in [2.75, 3.05) is 7.11 Å². The third-order valence-corrected chi connectivity index (χ3v) is 2.18. The number of hydrogen-bond acceptors (Lipinski definition) is 4. The molecule has 0 atom stereocenters. The number of pyridine rings is 1. The second kappa shape index (κ2) is 4.52. The van der Waals surface area contributed by atoms with E-state index in [2.05, 4.69) is 25.7 Å². The SMILES string of the molecule is COC(=O)c1cc(Br)c(O)c(C(F)F)n1. The Morgan fingerprint density at radius 3 is 2.73 bits per heavy atom. The fourth-order valence-corrected chi connectivity index (χ4v) is 1.31. The van der Waals surface area contributed by atoms with Crippen LogP contribution in [0.15, 0.2) is 10.5 Å². The Kier molecular flexibility index (Phi) is 3.57. The molecule has 1 heterocycles. The molecule has 0 saturated carbocycles. The molecule has 0 aliphatic rings. The number of aromatic hydroxyl groups is 1. The van der Waals surface area contributed by atoms with Gasteiger partial charge in [-0.05, 0) is 22.0 Å². The van der Waals surface area contributed by atoms with E-state index in [0.29, 0.717) is 0 Å². The minimum Gasteiger partial charge on any atom is -0.505 e. The fraction of sp³-hybridized carbons (Fsp3) is 0.250. The first-order valence-electron chi connectivity index (χ1n) is 3.73. The molecule has 0 aromatic carbocycles. The van der Waals surface area contributed by atoms with Gasteiger partial charge in [0.1, 0.15) is 11.4 Å². The molecule has 0 aliphatic heterocycles. The zero-order valence-corrected chi connectivity index (χ0v) is 9.09. The summed E-state index contributed by atoms with van der Waals surface area (Å²) in [5.41, 5.74) is -1.15. The molecule has 0 saturated heterocycles. The minimum absolute atomic E-state index is 0.0341. The fourth-order valence-electron chi connectivity index (χ4n) is 0.887. The van der Waals surface area contributed by atoms with Gasteiger partial charge in [-0.15, -0.1) is 0 Å². The number of alkyl halides is 2. The number of aromatic nitrogens is 1. The molecule has 1 N–H and O–H groups in total. The maximum Gasteiger partial charge on any atom is 0.356 e. The van der Waals surface area contributed by atoms with Crippen LogP contribution in [-0.2, 0) is 4.74 Å². The summed E-state index contributed by atoms with van der Waals surface area (Å²) in [6, 6.07) is 1.10. The molecule has 4 nitrogen and oxygen atoms in total. The smallest absolute Gasteiger partial charge is 0.356 e. The first kappa shape index (κ1) is 11.8. The molecular weight excluding hydrogens is 276 g/mol. The molecule has 0 amide bonds. The van der Waals surface area contributed by atoms with E-state index in [-0.39, 0.29) is 10.2 Å². The predicted molar refractivity (Wildman–Crippen MR) is 49.9 cm³/mol. The van der Waals surface area contributed by atoms with Crippen molar-refractivity contribution in [2.24, 2.45) is 0 Å². The molecule has 1 aromatic rings. The largest absolute Gasteiger partial charge is 0.505 e. The number of carbonyl (C=O) groups excluding carboxylic acids is 1. The lowest BCUT2D eigenvalue weighted by Crippen LogP contribution is -2.06. The zero-order chi connectivity index (χ0) is 11.6. The molecule has 0 bridgehead atoms. The van der Waals surface area contributed by atoms with Crippen molar-refractivity contribution in [3.63, 3.8) is 0 Å². The van der Waals surface area contributed by atoms with Gasteiger partial charge in [0.05, 0.1) is 11.6 Å². The number of ether oxygens (including phenoxy) is 1. The van der Waals surface area contributed by atoms with Crippen LogP contribution in [0.3, 0.4) is 0 Å². The Labute approximate surface area is 92.0 Å². The summed E-state index contributed by atoms with van der Waals surface area (Å²) in [5, 5.41) is 9.21. The topological polar surface area (TPSA) is 59.4 Å². The molecule has 0 unspecified atom stereocenters. The predicted octanol–water partition coefficient (Wildman–Crippen LogP) is 2.27. The van der Waals surface area contributed by atoms with E-state index in [9.17, 15) is 18.7 Å². The lowest BCUT2D eigenvalue weighted by atomic mass is 10.3. The summed E-state index contributed by atoms with van der Waals surface area (Å²) in [6.07, 6.45) is -2.97. The second-order valence-corrected chi connectivity index (χ2v) is 3.37. The number of nitrogens with zero attached hydrogens (tertiary/aromatic N) is 1. The monoisotopic (exact) mass is 281 g/mol. The van der Waals surface area contributed by atoms with Crippen molar-refractivity contribution in [3.8, 4) is 5.75 Å². The lowest BCUT2D eigenvalue weighted by Gasteiger charge is -2.06. The van der Waals surface area contributed by atoms with Gasteiger partial charge in [0.2, 0.25) is 0 Å². The van der Waals surface area contributed by atoms with Crippen LogP contribution in [0.4, 0.5) is 8.78 Å². The Bertz CT molecular complexity index is 398. The van der Waals surface area contributed by atoms with Gasteiger partial charge in [0, 0.05) is 0 Å². The van der Waals surface area contributed by atoms with Crippen molar-refractivity contribution >= 4 is 21.9 Å². The number of hydrogen-bond donors (Lipinski definition) is 1. The van der Waals surface area contributed by atoms with Crippen molar-refractivity contribution in [3.05, 3.63) is 21.9 Å². The normalized spacial score (nSPS) is 10.5. The average Bonchev–Trinajstić information content (AvgIpc) is 2.20. The number of halogens is 3. The highest BCUT2D eigenvalue weighted by Crippen LogP contribution is 2.33. The van der Waals surface area contributed by atoms with Gasteiger partial charge in [-0.3, -0.25) is 0 Å². The van der Waals surface area contributed by atoms with E-state index in [1.165, 1.54) is 0 Å². The van der Waals surface area contributed by atoms with Gasteiger partial charge in [0.15, 0.2) is 5.75 Å². The van der Waals surface area contributed by atoms with Crippen LogP contribution < -0.4 is 0 Å². The molecule has 15 heavy (non-hydrogen) atoms. The lowest BCUT2D eigenvalue weighted by molar-refractivity contribution is 0.0592. The second-order valence-electron chi connectivity index (χ2n) is 2.52. The third kappa shape index (κ3) is 2.41. The van der Waals surface area contributed by atoms with Crippen LogP contribution in [0.2, 0.25) is 0 Å². The number of carbonyl (C=O) groups is 1. The highest BCUT2D eigenvalue weighted by atomic mass is 79.9. The van der Waals surface area contributed by atoms with Gasteiger partial charge in [-0.1, -0.05) is 0 Å². The Balaban J connectivity index is 3.29. The van der Waals surface area contributed by atoms with E-state index in [1.54, 1.807) is 0 Å². The van der Waals surface area contributed by atoms with Crippen LogP contribution in [-0.4, -0.2) is 23.2 Å². The van der Waals surface area contributed by atoms with Crippen molar-refractivity contribution in [1.29, 1.82) is 0 Å². The highest BCUT2D eigenvalue weighted by Gasteiger charge is 2.21. The van der Waals surface area contributed by atoms with Crippen LogP contribution >= 0.6 is 15.9 Å². The molecule has 0 aliphatic carbocycles. The summed E-state index contributed by atoms with van der Waals surface area (Å²) < 4.78 is 29.0. The average molecular weight is 282 g/mol. The van der Waals surface area contributed by atoms with Crippen LogP contribution in [0.1, 0.15) is 22.6 Å². The number of rotatable bonds is 2. The Hall–Kier alpha value is -1.24. The first-order valence-corrected chi connectivity index (χ1v) is 4.52. The van der Waals surface area contributed by atoms with Crippen LogP contribution in [0.25, 0.3) is 0 Å². The van der Waals surface area contributed by atoms with E-state index in [4.69, 9.17) is 0 Å². The number of esters is 1. The Morgan fingerprint density at radius 1 is 1.67 bits per heavy atom. The van der Waals surface area contributed by atoms with Crippen molar-refractivity contribution < 1.29 is 23.4 Å². The van der Waals surface area contributed by atoms with E-state index < -0.39 is 23.8 Å². The summed E-state index contributed by atoms with van der Waals surface area (Å²) in [7, 11) is 1.10. The molecule has 1 aromatic heterocycles. The van der Waals surface area contributed by atoms with Crippen LogP contribution in [0.5, 0.6) is 5.75 Å². The van der Waals surface area contributed by atoms with E-state index in [1.807, 2.05) is 0 Å². The van der Waals surface area contributed by atoms with Gasteiger partial charge in [-0.25, -0.2) is 18.6 Å². The molecule has 0 fully saturated rings. The standard InChI is InChI=1S/C8H6BrF2NO3/c1-15-8(14)4-2-3(9)6(13)5(12-4)7(10)11/h2,7,13H,1H3. The molecule has 1 rings (SSSR count). The van der Waals surface area contributed by atoms with E-state index >= 15 is 0 Å². The molecule has 82 valence electrons. The Morgan fingerprint density at radius 2 is 2.27 bits per heavy atom. The van der Waals surface area contributed by atoms with Crippen molar-refractivity contribution in [2.45, 2.75) is 6.43 Å². The maximum absolute atomic E-state index is 12.4. The highest BCUT2D eigenvalue weighted by molar-refractivity contribution is 9.10. The summed E-state index contributed by atoms with van der Waals surface area (Å²) >= 11 is 2.83. The maximum atomic E-state index is 12.4. The van der Waals surface area contributed by atoms with Crippen molar-refractivity contribution in [1.82, 2.24) is 4.98 Å². The summed E-state index contributed by atoms with van der Waals surface area (Å²) in [6.45, 7) is 0. The molecule has 0 spiro atoms. The first-order chi connectivity index (χ1) is 6.97. The molecule has 7 heteroatoms. The molecular formula is C8H6BrF2NO3. The van der Waals surface area contributed by atoms with Gasteiger partial charge in [-0.2, -0.15) is 0 Å². The summed E-state index contributed by atoms with van der Waals surface area (Å²) in [4.78, 5) is 14.3. The van der Waals surface area contributed by atoms with Gasteiger partial charge < -0.3 is 9.84 Å². The quantitative estimate of drug-likeness (QED) is 0.845. The zero-order valence-electron chi connectivity index (χ0n) is 7.50. The van der Waals surface area contributed by atoms with Crippen LogP contribution in [0, 0.1) is 0 Å². The number of methoxy groups -OCH3 is 1. The minimum atomic E-state index is -2.97. The van der Waals surface area contributed by atoms with Gasteiger partial charge >= 0.3 is 5.97 Å². The summed E-state index contributed by atoms with van der Waals surface area (Å²) in [5.74, 6) is -1.53. The van der Waals surface area contributed by atoms with Gasteiger partial charge in [0.25, 0.3) is 6.43 Å². The molecule has 0 radical (unpaired) electrons. The van der Waals surface area contributed by atoms with E-state index in [0.717, 1.165) is 13.2 Å². The third-order valence-electron chi connectivity index (χ3n) is 1.57.